The van der Waals surface area contributed by atoms with Crippen molar-refractivity contribution in [3.05, 3.63) is 42.0 Å². The van der Waals surface area contributed by atoms with Gasteiger partial charge in [-0.2, -0.15) is 0 Å². The van der Waals surface area contributed by atoms with Gasteiger partial charge in [-0.15, -0.1) is 0 Å². The first kappa shape index (κ1) is 17.1. The standard InChI is InChI=1S/C17H21N5O3/c1-2-25-16-4-3-13(10-18-16)11-19-17(23)14-9-15(21-12-20-14)22-5-7-24-8-6-22/h3-4,9-10,12H,2,5-8,11H2,1H3,(H,19,23). The van der Waals surface area contributed by atoms with Gasteiger partial charge in [0.1, 0.15) is 17.8 Å². The minimum atomic E-state index is -0.245. The number of anilines is 1. The molecule has 1 fully saturated rings. The number of ether oxygens (including phenoxy) is 2. The molecule has 0 bridgehead atoms. The summed E-state index contributed by atoms with van der Waals surface area (Å²) < 4.78 is 10.6. The highest BCUT2D eigenvalue weighted by molar-refractivity contribution is 5.92. The van der Waals surface area contributed by atoms with Crippen molar-refractivity contribution in [1.82, 2.24) is 20.3 Å². The van der Waals surface area contributed by atoms with E-state index in [1.54, 1.807) is 18.3 Å². The number of morpholine rings is 1. The molecule has 1 aliphatic rings. The molecule has 0 spiro atoms. The van der Waals surface area contributed by atoms with Crippen molar-refractivity contribution in [3.8, 4) is 5.88 Å². The van der Waals surface area contributed by atoms with Crippen LogP contribution in [0.4, 0.5) is 5.82 Å². The van der Waals surface area contributed by atoms with Gasteiger partial charge in [-0.3, -0.25) is 4.79 Å². The number of hydrogen-bond acceptors (Lipinski definition) is 7. The third kappa shape index (κ3) is 4.63. The monoisotopic (exact) mass is 343 g/mol. The molecule has 1 aliphatic heterocycles. The molecule has 132 valence electrons. The third-order valence-corrected chi connectivity index (χ3v) is 3.76. The lowest BCUT2D eigenvalue weighted by atomic mass is 10.2. The first-order chi connectivity index (χ1) is 12.3. The summed E-state index contributed by atoms with van der Waals surface area (Å²) in [6.07, 6.45) is 3.10. The predicted molar refractivity (Wildman–Crippen MR) is 91.6 cm³/mol. The van der Waals surface area contributed by atoms with Gasteiger partial charge in [0.15, 0.2) is 0 Å². The Morgan fingerprint density at radius 3 is 2.84 bits per heavy atom. The van der Waals surface area contributed by atoms with Gasteiger partial charge in [-0.1, -0.05) is 6.07 Å². The molecule has 1 saturated heterocycles. The van der Waals surface area contributed by atoms with Crippen molar-refractivity contribution >= 4 is 11.7 Å². The zero-order valence-electron chi connectivity index (χ0n) is 14.1. The van der Waals surface area contributed by atoms with E-state index in [1.165, 1.54) is 6.33 Å². The number of carbonyl (C=O) groups is 1. The fourth-order valence-electron chi connectivity index (χ4n) is 2.46. The molecule has 0 unspecified atom stereocenters. The summed E-state index contributed by atoms with van der Waals surface area (Å²) in [5.74, 6) is 1.07. The number of pyridine rings is 1. The van der Waals surface area contributed by atoms with Gasteiger partial charge in [0.05, 0.1) is 19.8 Å². The molecule has 0 radical (unpaired) electrons. The maximum absolute atomic E-state index is 12.3. The summed E-state index contributed by atoms with van der Waals surface area (Å²) in [6.45, 7) is 5.69. The van der Waals surface area contributed by atoms with E-state index in [-0.39, 0.29) is 5.91 Å². The third-order valence-electron chi connectivity index (χ3n) is 3.76. The van der Waals surface area contributed by atoms with Crippen molar-refractivity contribution in [2.45, 2.75) is 13.5 Å². The number of nitrogens with zero attached hydrogens (tertiary/aromatic N) is 4. The van der Waals surface area contributed by atoms with Gasteiger partial charge in [0.25, 0.3) is 5.91 Å². The van der Waals surface area contributed by atoms with E-state index in [1.807, 2.05) is 13.0 Å². The summed E-state index contributed by atoms with van der Waals surface area (Å²) in [4.78, 5) is 26.9. The highest BCUT2D eigenvalue weighted by atomic mass is 16.5. The van der Waals surface area contributed by atoms with Crippen molar-refractivity contribution in [2.75, 3.05) is 37.8 Å². The van der Waals surface area contributed by atoms with Crippen LogP contribution in [0.1, 0.15) is 23.0 Å². The summed E-state index contributed by atoms with van der Waals surface area (Å²) in [5.41, 5.74) is 1.23. The number of hydrogen-bond donors (Lipinski definition) is 1. The number of nitrogens with one attached hydrogen (secondary N) is 1. The van der Waals surface area contributed by atoms with E-state index in [2.05, 4.69) is 25.2 Å². The normalized spacial score (nSPS) is 14.2. The molecular formula is C17H21N5O3. The van der Waals surface area contributed by atoms with Crippen LogP contribution in [0, 0.1) is 0 Å². The highest BCUT2D eigenvalue weighted by Crippen LogP contribution is 2.13. The van der Waals surface area contributed by atoms with Crippen molar-refractivity contribution in [3.63, 3.8) is 0 Å². The second kappa shape index (κ2) is 8.39. The van der Waals surface area contributed by atoms with Gasteiger partial charge < -0.3 is 19.7 Å². The van der Waals surface area contributed by atoms with Crippen LogP contribution in [0.25, 0.3) is 0 Å². The van der Waals surface area contributed by atoms with Crippen LogP contribution in [0.5, 0.6) is 5.88 Å². The van der Waals surface area contributed by atoms with Crippen molar-refractivity contribution in [1.29, 1.82) is 0 Å². The fraction of sp³-hybridized carbons (Fsp3) is 0.412. The van der Waals surface area contributed by atoms with Crippen LogP contribution in [0.3, 0.4) is 0 Å². The summed E-state index contributed by atoms with van der Waals surface area (Å²) in [7, 11) is 0. The molecule has 0 aliphatic carbocycles. The number of aromatic nitrogens is 3. The second-order valence-electron chi connectivity index (χ2n) is 5.48. The maximum atomic E-state index is 12.3. The lowest BCUT2D eigenvalue weighted by Crippen LogP contribution is -2.37. The van der Waals surface area contributed by atoms with Crippen LogP contribution in [0.2, 0.25) is 0 Å². The van der Waals surface area contributed by atoms with Gasteiger partial charge in [0.2, 0.25) is 5.88 Å². The van der Waals surface area contributed by atoms with E-state index < -0.39 is 0 Å². The van der Waals surface area contributed by atoms with Gasteiger partial charge >= 0.3 is 0 Å². The highest BCUT2D eigenvalue weighted by Gasteiger charge is 2.15. The Hall–Kier alpha value is -2.74. The fourth-order valence-corrected chi connectivity index (χ4v) is 2.46. The quantitative estimate of drug-likeness (QED) is 0.838. The molecular weight excluding hydrogens is 322 g/mol. The zero-order valence-corrected chi connectivity index (χ0v) is 14.1. The molecule has 3 heterocycles. The number of amides is 1. The van der Waals surface area contributed by atoms with Crippen LogP contribution in [-0.2, 0) is 11.3 Å². The van der Waals surface area contributed by atoms with E-state index in [0.717, 1.165) is 24.5 Å². The smallest absolute Gasteiger partial charge is 0.270 e. The molecule has 2 aromatic rings. The van der Waals surface area contributed by atoms with Crippen molar-refractivity contribution in [2.24, 2.45) is 0 Å². The van der Waals surface area contributed by atoms with Crippen LogP contribution >= 0.6 is 0 Å². The van der Waals surface area contributed by atoms with Gasteiger partial charge in [0, 0.05) is 38.0 Å². The lowest BCUT2D eigenvalue weighted by Gasteiger charge is -2.27. The van der Waals surface area contributed by atoms with Crippen LogP contribution in [0.15, 0.2) is 30.7 Å². The van der Waals surface area contributed by atoms with E-state index in [0.29, 0.717) is 37.9 Å². The SMILES string of the molecule is CCOc1ccc(CNC(=O)c2cc(N3CCOCC3)ncn2)cn1. The minimum Gasteiger partial charge on any atom is -0.478 e. The molecule has 8 heteroatoms. The van der Waals surface area contributed by atoms with Crippen LogP contribution < -0.4 is 15.0 Å². The van der Waals surface area contributed by atoms with Crippen molar-refractivity contribution < 1.29 is 14.3 Å². The van der Waals surface area contributed by atoms with E-state index in [4.69, 9.17) is 9.47 Å². The predicted octanol–water partition coefficient (Wildman–Crippen LogP) is 1.04. The largest absolute Gasteiger partial charge is 0.478 e. The Kier molecular flexibility index (Phi) is 5.73. The molecule has 1 amide bonds. The van der Waals surface area contributed by atoms with Gasteiger partial charge in [-0.25, -0.2) is 15.0 Å². The lowest BCUT2D eigenvalue weighted by molar-refractivity contribution is 0.0945. The molecule has 2 aromatic heterocycles. The summed E-state index contributed by atoms with van der Waals surface area (Å²) in [5, 5.41) is 2.84. The average molecular weight is 343 g/mol. The topological polar surface area (TPSA) is 89.5 Å². The molecule has 8 nitrogen and oxygen atoms in total. The second-order valence-corrected chi connectivity index (χ2v) is 5.48. The number of rotatable bonds is 6. The molecule has 0 aromatic carbocycles. The Morgan fingerprint density at radius 1 is 1.28 bits per heavy atom. The molecule has 3 rings (SSSR count). The van der Waals surface area contributed by atoms with E-state index >= 15 is 0 Å². The Balaban J connectivity index is 1.59. The van der Waals surface area contributed by atoms with Gasteiger partial charge in [-0.05, 0) is 12.5 Å². The van der Waals surface area contributed by atoms with Crippen LogP contribution in [-0.4, -0.2) is 53.8 Å². The molecule has 0 atom stereocenters. The summed E-state index contributed by atoms with van der Waals surface area (Å²) in [6, 6.07) is 5.36. The molecule has 1 N–H and O–H groups in total. The van der Waals surface area contributed by atoms with E-state index in [9.17, 15) is 4.79 Å². The Bertz CT molecular complexity index is 702. The molecule has 25 heavy (non-hydrogen) atoms. The first-order valence-electron chi connectivity index (χ1n) is 8.27. The zero-order chi connectivity index (χ0) is 17.5. The molecule has 0 saturated carbocycles. The average Bonchev–Trinajstić information content (AvgIpc) is 2.68. The first-order valence-corrected chi connectivity index (χ1v) is 8.27. The Labute approximate surface area is 146 Å². The maximum Gasteiger partial charge on any atom is 0.270 e. The summed E-state index contributed by atoms with van der Waals surface area (Å²) >= 11 is 0. The number of carbonyl (C=O) groups excluding carboxylic acids is 1. The minimum absolute atomic E-state index is 0.245. The Morgan fingerprint density at radius 2 is 2.12 bits per heavy atom.